The standard InChI is InChI=1S/C26H30N2O5/c29-24(19-5-3-18(4-6-19)17-1-2-17)27-15-16-28-25(30)20-7-11-22(12-8-20)33-23-13-9-21(10-14-23)26(31)32/h3-8,11-12,17,21,23H,1-2,9-10,13-16H2,(H,27,29)(H,28,30)(H,31,32). The maximum absolute atomic E-state index is 12.3. The van der Waals surface area contributed by atoms with Gasteiger partial charge in [0.25, 0.3) is 11.8 Å². The maximum atomic E-state index is 12.3. The van der Waals surface area contributed by atoms with Gasteiger partial charge in [-0.15, -0.1) is 0 Å². The predicted molar refractivity (Wildman–Crippen MR) is 124 cm³/mol. The van der Waals surface area contributed by atoms with Crippen molar-refractivity contribution in [3.8, 4) is 5.75 Å². The van der Waals surface area contributed by atoms with Gasteiger partial charge in [-0.3, -0.25) is 14.4 Å². The number of carbonyl (C=O) groups excluding carboxylic acids is 2. The second kappa shape index (κ2) is 10.5. The Hall–Kier alpha value is -3.35. The molecule has 2 aliphatic rings. The Morgan fingerprint density at radius 1 is 0.758 bits per heavy atom. The summed E-state index contributed by atoms with van der Waals surface area (Å²) in [5, 5.41) is 14.7. The van der Waals surface area contributed by atoms with Crippen LogP contribution < -0.4 is 15.4 Å². The number of carboxylic acids is 1. The van der Waals surface area contributed by atoms with E-state index < -0.39 is 5.97 Å². The first-order chi connectivity index (χ1) is 16.0. The molecular weight excluding hydrogens is 420 g/mol. The van der Waals surface area contributed by atoms with Crippen LogP contribution in [0.1, 0.15) is 70.7 Å². The van der Waals surface area contributed by atoms with Gasteiger partial charge in [-0.05, 0) is 86.4 Å². The van der Waals surface area contributed by atoms with Gasteiger partial charge in [0.2, 0.25) is 0 Å². The zero-order valence-corrected chi connectivity index (χ0v) is 18.6. The summed E-state index contributed by atoms with van der Waals surface area (Å²) in [6.07, 6.45) is 5.16. The fourth-order valence-corrected chi connectivity index (χ4v) is 4.18. The normalized spacial score (nSPS) is 20.0. The Balaban J connectivity index is 1.16. The smallest absolute Gasteiger partial charge is 0.306 e. The van der Waals surface area contributed by atoms with Crippen LogP contribution in [0.25, 0.3) is 0 Å². The van der Waals surface area contributed by atoms with Crippen molar-refractivity contribution in [1.82, 2.24) is 10.6 Å². The molecule has 0 saturated heterocycles. The molecular formula is C26H30N2O5. The van der Waals surface area contributed by atoms with E-state index in [-0.39, 0.29) is 23.8 Å². The molecule has 2 aromatic carbocycles. The number of carbonyl (C=O) groups is 3. The highest BCUT2D eigenvalue weighted by atomic mass is 16.5. The Morgan fingerprint density at radius 2 is 1.27 bits per heavy atom. The second-order valence-corrected chi connectivity index (χ2v) is 8.86. The van der Waals surface area contributed by atoms with Crippen LogP contribution in [0, 0.1) is 5.92 Å². The molecule has 0 atom stereocenters. The highest BCUT2D eigenvalue weighted by molar-refractivity contribution is 5.95. The molecule has 7 nitrogen and oxygen atoms in total. The third kappa shape index (κ3) is 6.34. The molecule has 0 radical (unpaired) electrons. The lowest BCUT2D eigenvalue weighted by Crippen LogP contribution is -2.34. The summed E-state index contributed by atoms with van der Waals surface area (Å²) >= 11 is 0. The number of hydrogen-bond donors (Lipinski definition) is 3. The van der Waals surface area contributed by atoms with Crippen molar-refractivity contribution in [2.75, 3.05) is 13.1 Å². The average molecular weight is 451 g/mol. The summed E-state index contributed by atoms with van der Waals surface area (Å²) < 4.78 is 5.94. The molecule has 33 heavy (non-hydrogen) atoms. The number of rotatable bonds is 9. The number of amides is 2. The van der Waals surface area contributed by atoms with Crippen LogP contribution in [0.4, 0.5) is 0 Å². The van der Waals surface area contributed by atoms with Crippen molar-refractivity contribution in [3.05, 3.63) is 65.2 Å². The zero-order valence-electron chi connectivity index (χ0n) is 18.6. The van der Waals surface area contributed by atoms with Crippen LogP contribution in [-0.2, 0) is 4.79 Å². The topological polar surface area (TPSA) is 105 Å². The summed E-state index contributed by atoms with van der Waals surface area (Å²) in [5.41, 5.74) is 2.43. The highest BCUT2D eigenvalue weighted by Crippen LogP contribution is 2.39. The quantitative estimate of drug-likeness (QED) is 0.505. The first-order valence-corrected chi connectivity index (χ1v) is 11.7. The minimum absolute atomic E-state index is 0.00815. The summed E-state index contributed by atoms with van der Waals surface area (Å²) in [6, 6.07) is 14.6. The lowest BCUT2D eigenvalue weighted by atomic mass is 9.87. The van der Waals surface area contributed by atoms with Crippen molar-refractivity contribution >= 4 is 17.8 Å². The largest absolute Gasteiger partial charge is 0.490 e. The molecule has 0 spiro atoms. The van der Waals surface area contributed by atoms with Gasteiger partial charge in [0.15, 0.2) is 0 Å². The van der Waals surface area contributed by atoms with E-state index in [1.807, 2.05) is 24.3 Å². The zero-order chi connectivity index (χ0) is 23.2. The lowest BCUT2D eigenvalue weighted by molar-refractivity contribution is -0.143. The Kier molecular flexibility index (Phi) is 7.27. The second-order valence-electron chi connectivity index (χ2n) is 8.86. The molecule has 2 saturated carbocycles. The number of carboxylic acid groups (broad SMARTS) is 1. The Labute approximate surface area is 193 Å². The monoisotopic (exact) mass is 450 g/mol. The first kappa shape index (κ1) is 22.8. The molecule has 3 N–H and O–H groups in total. The maximum Gasteiger partial charge on any atom is 0.306 e. The van der Waals surface area contributed by atoms with Crippen LogP contribution >= 0.6 is 0 Å². The Bertz CT molecular complexity index is 975. The van der Waals surface area contributed by atoms with E-state index >= 15 is 0 Å². The van der Waals surface area contributed by atoms with Crippen molar-refractivity contribution in [3.63, 3.8) is 0 Å². The number of hydrogen-bond acceptors (Lipinski definition) is 4. The summed E-state index contributed by atoms with van der Waals surface area (Å²) in [4.78, 5) is 35.6. The van der Waals surface area contributed by atoms with E-state index in [2.05, 4.69) is 10.6 Å². The van der Waals surface area contributed by atoms with Gasteiger partial charge in [-0.2, -0.15) is 0 Å². The van der Waals surface area contributed by atoms with E-state index in [1.54, 1.807) is 24.3 Å². The molecule has 0 aromatic heterocycles. The van der Waals surface area contributed by atoms with E-state index in [0.717, 1.165) is 12.8 Å². The molecule has 0 aliphatic heterocycles. The fraction of sp³-hybridized carbons (Fsp3) is 0.423. The van der Waals surface area contributed by atoms with Gasteiger partial charge in [0.05, 0.1) is 12.0 Å². The fourth-order valence-electron chi connectivity index (χ4n) is 4.18. The van der Waals surface area contributed by atoms with Gasteiger partial charge in [0, 0.05) is 24.2 Å². The molecule has 2 aliphatic carbocycles. The lowest BCUT2D eigenvalue weighted by Gasteiger charge is -2.26. The van der Waals surface area contributed by atoms with Crippen LogP contribution in [-0.4, -0.2) is 42.1 Å². The molecule has 7 heteroatoms. The molecule has 4 rings (SSSR count). The predicted octanol–water partition coefficient (Wildman–Crippen LogP) is 3.75. The average Bonchev–Trinajstić information content (AvgIpc) is 3.68. The van der Waals surface area contributed by atoms with Crippen molar-refractivity contribution in [1.29, 1.82) is 0 Å². The number of ether oxygens (including phenoxy) is 1. The van der Waals surface area contributed by atoms with Crippen LogP contribution in [0.3, 0.4) is 0 Å². The third-order valence-corrected chi connectivity index (χ3v) is 6.36. The summed E-state index contributed by atoms with van der Waals surface area (Å²) in [7, 11) is 0. The minimum atomic E-state index is -0.731. The van der Waals surface area contributed by atoms with Crippen molar-refractivity contribution in [2.24, 2.45) is 5.92 Å². The Morgan fingerprint density at radius 3 is 1.76 bits per heavy atom. The van der Waals surface area contributed by atoms with Gasteiger partial charge in [0.1, 0.15) is 5.75 Å². The van der Waals surface area contributed by atoms with Gasteiger partial charge in [-0.1, -0.05) is 12.1 Å². The molecule has 2 aromatic rings. The van der Waals surface area contributed by atoms with E-state index in [9.17, 15) is 14.4 Å². The van der Waals surface area contributed by atoms with E-state index in [0.29, 0.717) is 48.7 Å². The molecule has 2 fully saturated rings. The molecule has 0 bridgehead atoms. The molecule has 2 amide bonds. The molecule has 174 valence electrons. The van der Waals surface area contributed by atoms with Crippen LogP contribution in [0.15, 0.2) is 48.5 Å². The summed E-state index contributed by atoms with van der Waals surface area (Å²) in [6.45, 7) is 0.672. The number of aliphatic carboxylic acids is 1. The van der Waals surface area contributed by atoms with E-state index in [4.69, 9.17) is 9.84 Å². The van der Waals surface area contributed by atoms with Gasteiger partial charge < -0.3 is 20.5 Å². The van der Waals surface area contributed by atoms with Crippen molar-refractivity contribution in [2.45, 2.75) is 50.5 Å². The third-order valence-electron chi connectivity index (χ3n) is 6.36. The van der Waals surface area contributed by atoms with E-state index in [1.165, 1.54) is 18.4 Å². The highest BCUT2D eigenvalue weighted by Gasteiger charge is 2.27. The van der Waals surface area contributed by atoms with Crippen LogP contribution in [0.2, 0.25) is 0 Å². The number of benzene rings is 2. The van der Waals surface area contributed by atoms with Crippen molar-refractivity contribution < 1.29 is 24.2 Å². The minimum Gasteiger partial charge on any atom is -0.490 e. The van der Waals surface area contributed by atoms with Gasteiger partial charge >= 0.3 is 5.97 Å². The number of nitrogens with one attached hydrogen (secondary N) is 2. The molecule has 0 unspecified atom stereocenters. The first-order valence-electron chi connectivity index (χ1n) is 11.7. The molecule has 0 heterocycles. The van der Waals surface area contributed by atoms with Gasteiger partial charge in [-0.25, -0.2) is 0 Å². The summed E-state index contributed by atoms with van der Waals surface area (Å²) in [5.74, 6) is -0.0291. The SMILES string of the molecule is O=C(NCCNC(=O)c1ccc(C2CC2)cc1)c1ccc(OC2CCC(C(=O)O)CC2)cc1. The van der Waals surface area contributed by atoms with Crippen LogP contribution in [0.5, 0.6) is 5.75 Å².